The van der Waals surface area contributed by atoms with Gasteiger partial charge in [-0.1, -0.05) is 0 Å². The molecule has 0 saturated heterocycles. The van der Waals surface area contributed by atoms with E-state index in [1.54, 1.807) is 33.4 Å². The van der Waals surface area contributed by atoms with Crippen molar-refractivity contribution in [1.29, 1.82) is 0 Å². The van der Waals surface area contributed by atoms with Crippen molar-refractivity contribution in [2.45, 2.75) is 115 Å². The van der Waals surface area contributed by atoms with Crippen LogP contribution in [-0.4, -0.2) is 3.81 Å². The Balaban J connectivity index is 0.00000147. The maximum atomic E-state index is 2.79. The Labute approximate surface area is 248 Å². The topological polar surface area (TPSA) is 0 Å². The van der Waals surface area contributed by atoms with Gasteiger partial charge in [0.05, 0.1) is 0 Å². The third-order valence-corrected chi connectivity index (χ3v) is 15.1. The Hall–Kier alpha value is -0.916. The fourth-order valence-corrected chi connectivity index (χ4v) is 13.6. The summed E-state index contributed by atoms with van der Waals surface area (Å²) in [5.74, 6) is 1.58. The summed E-state index contributed by atoms with van der Waals surface area (Å²) in [7, 11) is 0. The smallest absolute Gasteiger partial charge is 1.00 e. The molecular weight excluding hydrogens is 539 g/mol. The minimum absolute atomic E-state index is 0. The first kappa shape index (κ1) is 28.6. The molecule has 2 aromatic carbocycles. The van der Waals surface area contributed by atoms with Crippen LogP contribution < -0.4 is 28.7 Å². The largest absolute Gasteiger partial charge is 1.00 e. The van der Waals surface area contributed by atoms with Gasteiger partial charge in [0.2, 0.25) is 0 Å². The van der Waals surface area contributed by atoms with Crippen molar-refractivity contribution in [2.75, 3.05) is 0 Å². The minimum atomic E-state index is -1.65. The van der Waals surface area contributed by atoms with Crippen molar-refractivity contribution in [3.8, 4) is 11.1 Å². The number of hydrogen-bond acceptors (Lipinski definition) is 0. The van der Waals surface area contributed by atoms with Crippen molar-refractivity contribution in [2.24, 2.45) is 0 Å². The summed E-state index contributed by atoms with van der Waals surface area (Å²) >= 11 is -1.65. The fourth-order valence-electron chi connectivity index (χ4n) is 8.17. The maximum absolute atomic E-state index is 2.79. The summed E-state index contributed by atoms with van der Waals surface area (Å²) in [5.41, 5.74) is 9.95. The van der Waals surface area contributed by atoms with Crippen LogP contribution in [0.5, 0.6) is 0 Å². The second-order valence-corrected chi connectivity index (χ2v) is 16.5. The van der Waals surface area contributed by atoms with Crippen LogP contribution in [-0.2, 0) is 23.8 Å². The zero-order valence-electron chi connectivity index (χ0n) is 22.8. The molecule has 0 spiro atoms. The van der Waals surface area contributed by atoms with Crippen molar-refractivity contribution in [3.05, 3.63) is 74.7 Å². The average molecular weight is 581 g/mol. The minimum Gasteiger partial charge on any atom is -1.00 e. The van der Waals surface area contributed by atoms with Crippen LogP contribution >= 0.6 is 0 Å². The first-order valence-electron chi connectivity index (χ1n) is 15.2. The Morgan fingerprint density at radius 1 is 0.658 bits per heavy atom. The number of allylic oxidation sites excluding steroid dienone is 4. The molecule has 5 aliphatic rings. The predicted octanol–water partition coefficient (Wildman–Crippen LogP) is 3.19. The van der Waals surface area contributed by atoms with Gasteiger partial charge in [0.15, 0.2) is 0 Å². The molecule has 3 saturated carbocycles. The Morgan fingerprint density at radius 2 is 1.32 bits per heavy atom. The summed E-state index contributed by atoms with van der Waals surface area (Å²) in [4.78, 5) is 0. The van der Waals surface area contributed by atoms with E-state index in [1.165, 1.54) is 103 Å². The maximum Gasteiger partial charge on any atom is -1.00 e. The van der Waals surface area contributed by atoms with E-state index in [-0.39, 0.29) is 24.8 Å². The molecule has 0 N–H and O–H groups in total. The van der Waals surface area contributed by atoms with Gasteiger partial charge in [-0.15, -0.1) is 0 Å². The standard InChI is InChI=1S/C25H29.C5H8.C5H5.2ClH.Ti/c1-3-7-18(8-4-1)20-11-13-22-15-23-14-12-21(17-25(23)24(22)16-20)19-9-5-2-6-10-19;2*1-2-4-5-3-1;;;/h11-13,16-19H,1-10,15H2;1-4H2;1-3H,4H2;2*1H;/q;;;;;+2/p-2. The van der Waals surface area contributed by atoms with Crippen LogP contribution in [0, 0.1) is 0 Å². The molecule has 0 aromatic heterocycles. The SMILES string of the molecule is C1=CC[C]([Ti+2](=[C]2CCCC2)[c]2cc(C3CCCCC3)cc3c2Cc2ccc(C4CCCCC4)cc2-3)=C1.[Cl-].[Cl-]. The van der Waals surface area contributed by atoms with E-state index < -0.39 is 17.4 Å². The monoisotopic (exact) mass is 580 g/mol. The number of fused-ring (bicyclic) bond motifs is 3. The van der Waals surface area contributed by atoms with Gasteiger partial charge in [0, 0.05) is 0 Å². The number of halogens is 2. The predicted molar refractivity (Wildman–Crippen MR) is 151 cm³/mol. The van der Waals surface area contributed by atoms with Gasteiger partial charge in [-0.2, -0.15) is 0 Å². The second kappa shape index (κ2) is 12.7. The molecule has 0 radical (unpaired) electrons. The van der Waals surface area contributed by atoms with E-state index in [1.807, 2.05) is 11.6 Å². The van der Waals surface area contributed by atoms with Crippen LogP contribution in [0.25, 0.3) is 11.1 Å². The number of hydrogen-bond donors (Lipinski definition) is 0. The van der Waals surface area contributed by atoms with Crippen molar-refractivity contribution >= 4 is 7.68 Å². The van der Waals surface area contributed by atoms with Gasteiger partial charge in [-0.05, 0) is 0 Å². The molecule has 3 fully saturated rings. The van der Waals surface area contributed by atoms with Crippen molar-refractivity contribution in [3.63, 3.8) is 0 Å². The zero-order valence-corrected chi connectivity index (χ0v) is 25.9. The molecule has 5 aliphatic carbocycles. The molecule has 0 nitrogen and oxygen atoms in total. The first-order valence-corrected chi connectivity index (χ1v) is 17.6. The first-order chi connectivity index (χ1) is 17.8. The average Bonchev–Trinajstić information content (AvgIpc) is 3.72. The molecule has 7 rings (SSSR count). The fraction of sp³-hybridized carbons (Fsp3) is 0.514. The second-order valence-electron chi connectivity index (χ2n) is 12.4. The van der Waals surface area contributed by atoms with Gasteiger partial charge in [-0.25, -0.2) is 0 Å². The summed E-state index contributed by atoms with van der Waals surface area (Å²) in [5, 5.41) is 0. The van der Waals surface area contributed by atoms with Gasteiger partial charge in [-0.3, -0.25) is 0 Å². The molecule has 2 aromatic rings. The molecule has 38 heavy (non-hydrogen) atoms. The Bertz CT molecular complexity index is 1250. The van der Waals surface area contributed by atoms with E-state index in [4.69, 9.17) is 0 Å². The van der Waals surface area contributed by atoms with Crippen molar-refractivity contribution < 1.29 is 42.2 Å². The molecular formula is C35H42Cl2Ti. The van der Waals surface area contributed by atoms with E-state index >= 15 is 0 Å². The number of benzene rings is 2. The Kier molecular flexibility index (Phi) is 9.58. The van der Waals surface area contributed by atoms with Gasteiger partial charge in [0.1, 0.15) is 0 Å². The third-order valence-electron chi connectivity index (χ3n) is 10.1. The van der Waals surface area contributed by atoms with Crippen LogP contribution in [0.15, 0.2) is 52.4 Å². The molecule has 0 bridgehead atoms. The quantitative estimate of drug-likeness (QED) is 0.416. The van der Waals surface area contributed by atoms with Crippen LogP contribution in [0.1, 0.15) is 130 Å². The van der Waals surface area contributed by atoms with E-state index in [2.05, 4.69) is 48.6 Å². The molecule has 0 atom stereocenters. The molecule has 3 heteroatoms. The summed E-state index contributed by atoms with van der Waals surface area (Å²) in [6, 6.07) is 13.2. The normalized spacial score (nSPS) is 20.7. The summed E-state index contributed by atoms with van der Waals surface area (Å²) in [6.45, 7) is 0. The van der Waals surface area contributed by atoms with Crippen LogP contribution in [0.3, 0.4) is 0 Å². The molecule has 0 unspecified atom stereocenters. The van der Waals surface area contributed by atoms with Gasteiger partial charge < -0.3 is 24.8 Å². The van der Waals surface area contributed by atoms with E-state index in [0.717, 1.165) is 11.8 Å². The third kappa shape index (κ3) is 5.50. The molecule has 0 aliphatic heterocycles. The molecule has 200 valence electrons. The van der Waals surface area contributed by atoms with E-state index in [0.29, 0.717) is 0 Å². The summed E-state index contributed by atoms with van der Waals surface area (Å²) < 4.78 is 5.68. The van der Waals surface area contributed by atoms with Crippen LogP contribution in [0.4, 0.5) is 0 Å². The van der Waals surface area contributed by atoms with Gasteiger partial charge >= 0.3 is 225 Å². The molecule has 0 amide bonds. The zero-order chi connectivity index (χ0) is 23.9. The van der Waals surface area contributed by atoms with E-state index in [9.17, 15) is 0 Å². The molecule has 0 heterocycles. The number of rotatable bonds is 4. The van der Waals surface area contributed by atoms with Gasteiger partial charge in [0.25, 0.3) is 0 Å². The Morgan fingerprint density at radius 3 is 1.97 bits per heavy atom. The van der Waals surface area contributed by atoms with Crippen molar-refractivity contribution in [1.82, 2.24) is 0 Å². The van der Waals surface area contributed by atoms with Crippen LogP contribution in [0.2, 0.25) is 0 Å². The summed E-state index contributed by atoms with van der Waals surface area (Å²) in [6.07, 6.45) is 29.6.